The standard InChI is InChI=1S/C18H17ClN2/c1-13-7-9-15(10-8-13)21(2)18-11-14(12-19)20-17-6-4-3-5-16(17)18/h3-11H,12H2,1-2H3. The quantitative estimate of drug-likeness (QED) is 0.629. The zero-order valence-electron chi connectivity index (χ0n) is 12.2. The summed E-state index contributed by atoms with van der Waals surface area (Å²) >= 11 is 5.99. The fourth-order valence-electron chi connectivity index (χ4n) is 2.46. The van der Waals surface area contributed by atoms with Crippen molar-refractivity contribution in [2.75, 3.05) is 11.9 Å². The van der Waals surface area contributed by atoms with E-state index in [-0.39, 0.29) is 0 Å². The molecule has 106 valence electrons. The first-order valence-corrected chi connectivity index (χ1v) is 7.47. The van der Waals surface area contributed by atoms with Crippen LogP contribution in [0.4, 0.5) is 11.4 Å². The van der Waals surface area contributed by atoms with Gasteiger partial charge in [0.15, 0.2) is 0 Å². The Morgan fingerprint density at radius 2 is 1.76 bits per heavy atom. The Balaban J connectivity index is 2.16. The molecular weight excluding hydrogens is 280 g/mol. The van der Waals surface area contributed by atoms with Gasteiger partial charge in [-0.2, -0.15) is 0 Å². The molecule has 0 atom stereocenters. The molecule has 1 aromatic heterocycles. The Bertz CT molecular complexity index is 766. The van der Waals surface area contributed by atoms with Gasteiger partial charge < -0.3 is 4.90 Å². The van der Waals surface area contributed by atoms with Crippen molar-refractivity contribution in [3.63, 3.8) is 0 Å². The molecule has 0 saturated heterocycles. The zero-order chi connectivity index (χ0) is 14.8. The summed E-state index contributed by atoms with van der Waals surface area (Å²) in [6.45, 7) is 2.09. The number of fused-ring (bicyclic) bond motifs is 1. The predicted octanol–water partition coefficient (Wildman–Crippen LogP) is 5.05. The molecular formula is C18H17ClN2. The molecule has 2 nitrogen and oxygen atoms in total. The van der Waals surface area contributed by atoms with Gasteiger partial charge in [-0.05, 0) is 31.2 Å². The monoisotopic (exact) mass is 296 g/mol. The van der Waals surface area contributed by atoms with E-state index in [1.165, 1.54) is 5.56 Å². The summed E-state index contributed by atoms with van der Waals surface area (Å²) in [5.41, 5.74) is 5.40. The Labute approximate surface area is 130 Å². The number of benzene rings is 2. The number of pyridine rings is 1. The smallest absolute Gasteiger partial charge is 0.0726 e. The van der Waals surface area contributed by atoms with Crippen LogP contribution in [0.3, 0.4) is 0 Å². The third-order valence-corrected chi connectivity index (χ3v) is 3.94. The van der Waals surface area contributed by atoms with Crippen LogP contribution in [0.25, 0.3) is 10.9 Å². The van der Waals surface area contributed by atoms with Gasteiger partial charge in [0.2, 0.25) is 0 Å². The average Bonchev–Trinajstić information content (AvgIpc) is 2.53. The fraction of sp³-hybridized carbons (Fsp3) is 0.167. The van der Waals surface area contributed by atoms with Crippen molar-refractivity contribution in [2.24, 2.45) is 0 Å². The summed E-state index contributed by atoms with van der Waals surface area (Å²) in [6, 6.07) is 18.7. The van der Waals surface area contributed by atoms with Crippen LogP contribution in [0.2, 0.25) is 0 Å². The zero-order valence-corrected chi connectivity index (χ0v) is 12.9. The number of halogens is 1. The van der Waals surface area contributed by atoms with E-state index in [0.29, 0.717) is 5.88 Å². The molecule has 3 rings (SSSR count). The highest BCUT2D eigenvalue weighted by atomic mass is 35.5. The van der Waals surface area contributed by atoms with Crippen molar-refractivity contribution in [3.05, 3.63) is 65.9 Å². The molecule has 21 heavy (non-hydrogen) atoms. The van der Waals surface area contributed by atoms with Gasteiger partial charge in [-0.25, -0.2) is 0 Å². The lowest BCUT2D eigenvalue weighted by Crippen LogP contribution is -2.10. The molecule has 1 heterocycles. The molecule has 3 heteroatoms. The molecule has 2 aromatic carbocycles. The van der Waals surface area contributed by atoms with E-state index >= 15 is 0 Å². The first-order chi connectivity index (χ1) is 10.2. The van der Waals surface area contributed by atoms with Gasteiger partial charge in [-0.1, -0.05) is 35.9 Å². The van der Waals surface area contributed by atoms with Crippen LogP contribution in [-0.2, 0) is 5.88 Å². The third-order valence-electron chi connectivity index (χ3n) is 3.67. The first-order valence-electron chi connectivity index (χ1n) is 6.94. The second-order valence-electron chi connectivity index (χ2n) is 5.18. The highest BCUT2D eigenvalue weighted by Gasteiger charge is 2.10. The van der Waals surface area contributed by atoms with Crippen LogP contribution in [0.1, 0.15) is 11.3 Å². The maximum atomic E-state index is 5.99. The van der Waals surface area contributed by atoms with E-state index in [9.17, 15) is 0 Å². The average molecular weight is 297 g/mol. The van der Waals surface area contributed by atoms with Gasteiger partial charge in [0.05, 0.1) is 22.8 Å². The minimum Gasteiger partial charge on any atom is -0.344 e. The van der Waals surface area contributed by atoms with Crippen LogP contribution in [0, 0.1) is 6.92 Å². The summed E-state index contributed by atoms with van der Waals surface area (Å²) in [4.78, 5) is 6.77. The number of para-hydroxylation sites is 1. The second-order valence-corrected chi connectivity index (χ2v) is 5.45. The molecule has 0 aliphatic heterocycles. The minimum absolute atomic E-state index is 0.416. The molecule has 0 aliphatic rings. The third kappa shape index (κ3) is 2.72. The lowest BCUT2D eigenvalue weighted by Gasteiger charge is -2.22. The predicted molar refractivity (Wildman–Crippen MR) is 90.5 cm³/mol. The van der Waals surface area contributed by atoms with E-state index in [1.807, 2.05) is 18.2 Å². The molecule has 0 bridgehead atoms. The van der Waals surface area contributed by atoms with Crippen LogP contribution in [0.15, 0.2) is 54.6 Å². The van der Waals surface area contributed by atoms with Crippen LogP contribution in [0.5, 0.6) is 0 Å². The minimum atomic E-state index is 0.416. The Hall–Kier alpha value is -2.06. The molecule has 0 unspecified atom stereocenters. The molecule has 0 aliphatic carbocycles. The summed E-state index contributed by atoms with van der Waals surface area (Å²) in [6.07, 6.45) is 0. The number of alkyl halides is 1. The van der Waals surface area contributed by atoms with E-state index in [2.05, 4.69) is 60.3 Å². The van der Waals surface area contributed by atoms with Gasteiger partial charge in [0.25, 0.3) is 0 Å². The van der Waals surface area contributed by atoms with Gasteiger partial charge in [0, 0.05) is 18.1 Å². The van der Waals surface area contributed by atoms with Gasteiger partial charge in [0.1, 0.15) is 0 Å². The van der Waals surface area contributed by atoms with Gasteiger partial charge >= 0.3 is 0 Å². The highest BCUT2D eigenvalue weighted by Crippen LogP contribution is 2.31. The topological polar surface area (TPSA) is 16.1 Å². The summed E-state index contributed by atoms with van der Waals surface area (Å²) < 4.78 is 0. The highest BCUT2D eigenvalue weighted by molar-refractivity contribution is 6.17. The van der Waals surface area contributed by atoms with Crippen molar-refractivity contribution in [1.82, 2.24) is 4.98 Å². The number of hydrogen-bond donors (Lipinski definition) is 0. The Morgan fingerprint density at radius 1 is 1.05 bits per heavy atom. The van der Waals surface area contributed by atoms with E-state index < -0.39 is 0 Å². The van der Waals surface area contributed by atoms with E-state index in [0.717, 1.165) is 28.0 Å². The SMILES string of the molecule is Cc1ccc(N(C)c2cc(CCl)nc3ccccc23)cc1. The molecule has 0 amide bonds. The van der Waals surface area contributed by atoms with Crippen molar-refractivity contribution < 1.29 is 0 Å². The van der Waals surface area contributed by atoms with Gasteiger partial charge in [-0.3, -0.25) is 4.98 Å². The summed E-state index contributed by atoms with van der Waals surface area (Å²) in [5.74, 6) is 0.416. The second kappa shape index (κ2) is 5.74. The number of aromatic nitrogens is 1. The lowest BCUT2D eigenvalue weighted by molar-refractivity contribution is 1.16. The van der Waals surface area contributed by atoms with E-state index in [1.54, 1.807) is 0 Å². The van der Waals surface area contributed by atoms with Gasteiger partial charge in [-0.15, -0.1) is 11.6 Å². The van der Waals surface area contributed by atoms with E-state index in [4.69, 9.17) is 11.6 Å². The molecule has 0 fully saturated rings. The Morgan fingerprint density at radius 3 is 2.48 bits per heavy atom. The fourth-order valence-corrected chi connectivity index (χ4v) is 2.60. The number of rotatable bonds is 3. The van der Waals surface area contributed by atoms with Crippen molar-refractivity contribution in [1.29, 1.82) is 0 Å². The molecule has 0 N–H and O–H groups in total. The van der Waals surface area contributed by atoms with Crippen LogP contribution >= 0.6 is 11.6 Å². The molecule has 0 saturated carbocycles. The Kier molecular flexibility index (Phi) is 3.80. The van der Waals surface area contributed by atoms with Crippen LogP contribution in [-0.4, -0.2) is 12.0 Å². The normalized spacial score (nSPS) is 10.8. The van der Waals surface area contributed by atoms with Crippen molar-refractivity contribution >= 4 is 33.9 Å². The lowest BCUT2D eigenvalue weighted by atomic mass is 10.1. The number of nitrogens with zero attached hydrogens (tertiary/aromatic N) is 2. The maximum absolute atomic E-state index is 5.99. The first kappa shape index (κ1) is 13.9. The van der Waals surface area contributed by atoms with Crippen molar-refractivity contribution in [2.45, 2.75) is 12.8 Å². The van der Waals surface area contributed by atoms with Crippen molar-refractivity contribution in [3.8, 4) is 0 Å². The molecule has 0 radical (unpaired) electrons. The summed E-state index contributed by atoms with van der Waals surface area (Å²) in [5, 5.41) is 1.13. The number of hydrogen-bond acceptors (Lipinski definition) is 2. The number of anilines is 2. The molecule has 0 spiro atoms. The number of aryl methyl sites for hydroxylation is 1. The van der Waals surface area contributed by atoms with Crippen LogP contribution < -0.4 is 4.90 Å². The molecule has 3 aromatic rings. The largest absolute Gasteiger partial charge is 0.344 e. The summed E-state index contributed by atoms with van der Waals surface area (Å²) in [7, 11) is 2.07. The maximum Gasteiger partial charge on any atom is 0.0726 e.